The number of aromatic nitrogens is 2. The highest BCUT2D eigenvalue weighted by atomic mass is 16.4. The largest absolute Gasteiger partial charge is 0.477 e. The minimum atomic E-state index is -0.946. The Bertz CT molecular complexity index is 353. The molecule has 1 aromatic rings. The first-order valence-corrected chi connectivity index (χ1v) is 5.13. The van der Waals surface area contributed by atoms with Crippen LogP contribution in [0, 0.1) is 0 Å². The molecule has 15 heavy (non-hydrogen) atoms. The third-order valence-corrected chi connectivity index (χ3v) is 2.90. The van der Waals surface area contributed by atoms with Gasteiger partial charge in [-0.15, -0.1) is 0 Å². The highest BCUT2D eigenvalue weighted by Gasteiger charge is 2.24. The summed E-state index contributed by atoms with van der Waals surface area (Å²) in [6.45, 7) is 0. The predicted octanol–water partition coefficient (Wildman–Crippen LogP) is 1.06. The van der Waals surface area contributed by atoms with Gasteiger partial charge >= 0.3 is 5.97 Å². The molecule has 2 N–H and O–H groups in total. The normalized spacial score (nSPS) is 26.5. The number of aliphatic hydroxyl groups is 1. The quantitative estimate of drug-likeness (QED) is 0.765. The SMILES string of the molecule is O=C(O)c1ccnn1C1CCC(O)CC1. The van der Waals surface area contributed by atoms with Crippen molar-refractivity contribution in [2.45, 2.75) is 37.8 Å². The van der Waals surface area contributed by atoms with E-state index in [1.54, 1.807) is 4.68 Å². The van der Waals surface area contributed by atoms with Gasteiger partial charge in [0.15, 0.2) is 0 Å². The van der Waals surface area contributed by atoms with E-state index < -0.39 is 5.97 Å². The fourth-order valence-electron chi connectivity index (χ4n) is 2.08. The fraction of sp³-hybridized carbons (Fsp3) is 0.600. The Labute approximate surface area is 87.3 Å². The van der Waals surface area contributed by atoms with Crippen LogP contribution in [0.5, 0.6) is 0 Å². The average molecular weight is 210 g/mol. The maximum absolute atomic E-state index is 10.9. The Hall–Kier alpha value is -1.36. The van der Waals surface area contributed by atoms with Crippen LogP contribution < -0.4 is 0 Å². The summed E-state index contributed by atoms with van der Waals surface area (Å²) in [6.07, 6.45) is 4.32. The zero-order chi connectivity index (χ0) is 10.8. The molecule has 0 aliphatic heterocycles. The van der Waals surface area contributed by atoms with E-state index in [0.717, 1.165) is 25.7 Å². The zero-order valence-electron chi connectivity index (χ0n) is 8.33. The number of carboxylic acid groups (broad SMARTS) is 1. The molecule has 0 atom stereocenters. The molecule has 0 aromatic carbocycles. The van der Waals surface area contributed by atoms with E-state index in [1.807, 2.05) is 0 Å². The minimum absolute atomic E-state index is 0.120. The van der Waals surface area contributed by atoms with Crippen LogP contribution in [0.4, 0.5) is 0 Å². The second-order valence-corrected chi connectivity index (χ2v) is 3.93. The smallest absolute Gasteiger partial charge is 0.354 e. The van der Waals surface area contributed by atoms with Gasteiger partial charge in [-0.1, -0.05) is 0 Å². The second kappa shape index (κ2) is 4.02. The van der Waals surface area contributed by atoms with E-state index in [-0.39, 0.29) is 17.8 Å². The van der Waals surface area contributed by atoms with Crippen molar-refractivity contribution in [1.82, 2.24) is 9.78 Å². The molecule has 0 unspecified atom stereocenters. The molecular formula is C10H14N2O3. The Morgan fingerprint density at radius 1 is 1.40 bits per heavy atom. The first-order chi connectivity index (χ1) is 7.18. The number of rotatable bonds is 2. The number of carboxylic acids is 1. The van der Waals surface area contributed by atoms with Crippen LogP contribution in [-0.4, -0.2) is 32.1 Å². The molecule has 1 fully saturated rings. The molecule has 0 spiro atoms. The monoisotopic (exact) mass is 210 g/mol. The van der Waals surface area contributed by atoms with Crippen molar-refractivity contribution in [2.75, 3.05) is 0 Å². The van der Waals surface area contributed by atoms with Gasteiger partial charge in [0.25, 0.3) is 0 Å². The summed E-state index contributed by atoms with van der Waals surface area (Å²) in [5, 5.41) is 22.3. The molecule has 0 bridgehead atoms. The van der Waals surface area contributed by atoms with Crippen LogP contribution in [0.2, 0.25) is 0 Å². The van der Waals surface area contributed by atoms with E-state index in [9.17, 15) is 9.90 Å². The van der Waals surface area contributed by atoms with Gasteiger partial charge in [-0.2, -0.15) is 5.10 Å². The summed E-state index contributed by atoms with van der Waals surface area (Å²) in [5.41, 5.74) is 0.233. The predicted molar refractivity (Wildman–Crippen MR) is 52.7 cm³/mol. The first-order valence-electron chi connectivity index (χ1n) is 5.13. The van der Waals surface area contributed by atoms with Gasteiger partial charge in [0.05, 0.1) is 12.1 Å². The molecule has 0 saturated heterocycles. The average Bonchev–Trinajstić information content (AvgIpc) is 2.67. The van der Waals surface area contributed by atoms with Crippen molar-refractivity contribution >= 4 is 5.97 Å². The molecule has 0 amide bonds. The second-order valence-electron chi connectivity index (χ2n) is 3.93. The lowest BCUT2D eigenvalue weighted by Gasteiger charge is -2.26. The standard InChI is InChI=1S/C10H14N2O3/c13-8-3-1-7(2-4-8)12-9(10(14)15)5-6-11-12/h5-8,13H,1-4H2,(H,14,15). The lowest BCUT2D eigenvalue weighted by atomic mass is 9.93. The molecule has 1 saturated carbocycles. The van der Waals surface area contributed by atoms with Crippen LogP contribution >= 0.6 is 0 Å². The van der Waals surface area contributed by atoms with Crippen molar-refractivity contribution in [3.63, 3.8) is 0 Å². The zero-order valence-corrected chi connectivity index (χ0v) is 8.33. The van der Waals surface area contributed by atoms with E-state index in [1.165, 1.54) is 12.3 Å². The summed E-state index contributed by atoms with van der Waals surface area (Å²) >= 11 is 0. The van der Waals surface area contributed by atoms with Crippen LogP contribution in [0.3, 0.4) is 0 Å². The lowest BCUT2D eigenvalue weighted by molar-refractivity contribution is 0.0670. The summed E-state index contributed by atoms with van der Waals surface area (Å²) < 4.78 is 1.56. The molecule has 1 heterocycles. The summed E-state index contributed by atoms with van der Waals surface area (Å²) in [7, 11) is 0. The van der Waals surface area contributed by atoms with Gasteiger partial charge in [-0.05, 0) is 31.7 Å². The molecule has 5 nitrogen and oxygen atoms in total. The van der Waals surface area contributed by atoms with Gasteiger partial charge in [-0.25, -0.2) is 4.79 Å². The van der Waals surface area contributed by atoms with Crippen LogP contribution in [-0.2, 0) is 0 Å². The maximum atomic E-state index is 10.9. The highest BCUT2D eigenvalue weighted by Crippen LogP contribution is 2.28. The van der Waals surface area contributed by atoms with Crippen LogP contribution in [0.1, 0.15) is 42.2 Å². The first kappa shape index (κ1) is 10.2. The number of nitrogens with zero attached hydrogens (tertiary/aromatic N) is 2. The van der Waals surface area contributed by atoms with Crippen molar-refractivity contribution in [3.05, 3.63) is 18.0 Å². The Morgan fingerprint density at radius 3 is 2.67 bits per heavy atom. The number of carbonyl (C=O) groups is 1. The minimum Gasteiger partial charge on any atom is -0.477 e. The number of aliphatic hydroxyl groups excluding tert-OH is 1. The van der Waals surface area contributed by atoms with E-state index >= 15 is 0 Å². The Morgan fingerprint density at radius 2 is 2.07 bits per heavy atom. The fourth-order valence-corrected chi connectivity index (χ4v) is 2.08. The van der Waals surface area contributed by atoms with Crippen molar-refractivity contribution in [3.8, 4) is 0 Å². The Balaban J connectivity index is 2.15. The molecular weight excluding hydrogens is 196 g/mol. The van der Waals surface area contributed by atoms with Crippen molar-refractivity contribution in [2.24, 2.45) is 0 Å². The van der Waals surface area contributed by atoms with Gasteiger partial charge in [-0.3, -0.25) is 4.68 Å². The Kier molecular flexibility index (Phi) is 2.73. The molecule has 0 radical (unpaired) electrons. The molecule has 2 rings (SSSR count). The summed E-state index contributed by atoms with van der Waals surface area (Å²) in [6, 6.07) is 1.63. The third kappa shape index (κ3) is 2.02. The number of hydrogen-bond donors (Lipinski definition) is 2. The lowest BCUT2D eigenvalue weighted by Crippen LogP contribution is -2.24. The summed E-state index contributed by atoms with van der Waals surface area (Å²) in [4.78, 5) is 10.9. The van der Waals surface area contributed by atoms with E-state index in [0.29, 0.717) is 0 Å². The molecule has 1 aromatic heterocycles. The van der Waals surface area contributed by atoms with Gasteiger partial charge in [0.1, 0.15) is 5.69 Å². The van der Waals surface area contributed by atoms with Crippen molar-refractivity contribution in [1.29, 1.82) is 0 Å². The third-order valence-electron chi connectivity index (χ3n) is 2.90. The summed E-state index contributed by atoms with van der Waals surface area (Å²) in [5.74, 6) is -0.946. The van der Waals surface area contributed by atoms with E-state index in [4.69, 9.17) is 5.11 Å². The van der Waals surface area contributed by atoms with Crippen LogP contribution in [0.15, 0.2) is 12.3 Å². The van der Waals surface area contributed by atoms with Gasteiger partial charge in [0.2, 0.25) is 0 Å². The number of aromatic carboxylic acids is 1. The van der Waals surface area contributed by atoms with Gasteiger partial charge < -0.3 is 10.2 Å². The topological polar surface area (TPSA) is 75.3 Å². The van der Waals surface area contributed by atoms with Crippen molar-refractivity contribution < 1.29 is 15.0 Å². The highest BCUT2D eigenvalue weighted by molar-refractivity contribution is 5.85. The molecule has 1 aliphatic rings. The number of hydrogen-bond acceptors (Lipinski definition) is 3. The van der Waals surface area contributed by atoms with E-state index in [2.05, 4.69) is 5.10 Å². The maximum Gasteiger partial charge on any atom is 0.354 e. The van der Waals surface area contributed by atoms with Crippen LogP contribution in [0.25, 0.3) is 0 Å². The molecule has 82 valence electrons. The molecule has 5 heteroatoms. The molecule has 1 aliphatic carbocycles. The van der Waals surface area contributed by atoms with Gasteiger partial charge in [0, 0.05) is 6.20 Å².